The van der Waals surface area contributed by atoms with E-state index in [9.17, 15) is 19.2 Å². The summed E-state index contributed by atoms with van der Waals surface area (Å²) >= 11 is 0. The number of aromatic nitrogens is 2. The first kappa shape index (κ1) is 21.7. The maximum atomic E-state index is 12.9. The van der Waals surface area contributed by atoms with Crippen LogP contribution in [0.15, 0.2) is 36.8 Å². The molecule has 1 unspecified atom stereocenters. The van der Waals surface area contributed by atoms with Crippen molar-refractivity contribution >= 4 is 29.3 Å². The number of nitrogens with zero attached hydrogens (tertiary/aromatic N) is 5. The van der Waals surface area contributed by atoms with E-state index in [1.54, 1.807) is 17.2 Å². The lowest BCUT2D eigenvalue weighted by Crippen LogP contribution is -2.61. The van der Waals surface area contributed by atoms with Crippen molar-refractivity contribution < 1.29 is 19.2 Å². The quantitative estimate of drug-likeness (QED) is 0.660. The van der Waals surface area contributed by atoms with Gasteiger partial charge in [0.2, 0.25) is 11.8 Å². The summed E-state index contributed by atoms with van der Waals surface area (Å²) in [5.41, 5.74) is 3.27. The SMILES string of the molecule is O=C1CCC(N2Cc3cc(N4CC5(CCN(C(=O)c6ccncn6)CC5)C4)ccc3C2=O)C(=O)N1. The number of hydrogen-bond acceptors (Lipinski definition) is 7. The highest BCUT2D eigenvalue weighted by atomic mass is 16.2. The number of nitrogens with one attached hydrogen (secondary N) is 1. The van der Waals surface area contributed by atoms with Crippen LogP contribution in [-0.2, 0) is 16.1 Å². The molecule has 4 amide bonds. The van der Waals surface area contributed by atoms with Crippen molar-refractivity contribution in [2.24, 2.45) is 5.41 Å². The Kier molecular flexibility index (Phi) is 5.05. The van der Waals surface area contributed by atoms with Crippen molar-refractivity contribution in [3.63, 3.8) is 0 Å². The fraction of sp³-hybridized carbons (Fsp3) is 0.440. The number of carbonyl (C=O) groups excluding carboxylic acids is 4. The van der Waals surface area contributed by atoms with Crippen LogP contribution in [0.1, 0.15) is 52.1 Å². The van der Waals surface area contributed by atoms with Gasteiger partial charge in [0.15, 0.2) is 0 Å². The van der Waals surface area contributed by atoms with Crippen LogP contribution in [0.25, 0.3) is 0 Å². The second-order valence-corrected chi connectivity index (χ2v) is 9.98. The number of fused-ring (bicyclic) bond motifs is 1. The summed E-state index contributed by atoms with van der Waals surface area (Å²) in [6, 6.07) is 6.94. The Labute approximate surface area is 202 Å². The first-order valence-electron chi connectivity index (χ1n) is 12.0. The van der Waals surface area contributed by atoms with Crippen LogP contribution in [0.5, 0.6) is 0 Å². The Hall–Kier alpha value is -3.82. The van der Waals surface area contributed by atoms with Gasteiger partial charge in [0.1, 0.15) is 18.1 Å². The molecule has 0 radical (unpaired) electrons. The maximum absolute atomic E-state index is 12.9. The summed E-state index contributed by atoms with van der Waals surface area (Å²) in [5, 5.41) is 2.34. The molecule has 10 nitrogen and oxygen atoms in total. The van der Waals surface area contributed by atoms with Crippen LogP contribution in [-0.4, -0.2) is 75.6 Å². The number of likely N-dealkylation sites (tertiary alicyclic amines) is 1. The molecular formula is C25H26N6O4. The molecule has 0 saturated carbocycles. The van der Waals surface area contributed by atoms with Gasteiger partial charge >= 0.3 is 0 Å². The Morgan fingerprint density at radius 1 is 1.09 bits per heavy atom. The van der Waals surface area contributed by atoms with Crippen LogP contribution in [0, 0.1) is 5.41 Å². The zero-order valence-electron chi connectivity index (χ0n) is 19.3. The highest BCUT2D eigenvalue weighted by Crippen LogP contribution is 2.43. The summed E-state index contributed by atoms with van der Waals surface area (Å²) in [6.45, 7) is 3.66. The summed E-state index contributed by atoms with van der Waals surface area (Å²) in [4.78, 5) is 63.1. The van der Waals surface area contributed by atoms with Crippen molar-refractivity contribution in [1.82, 2.24) is 25.1 Å². The molecule has 1 spiro atoms. The van der Waals surface area contributed by atoms with Gasteiger partial charge in [0.25, 0.3) is 11.8 Å². The Bertz CT molecular complexity index is 1220. The van der Waals surface area contributed by atoms with Gasteiger partial charge in [-0.05, 0) is 49.1 Å². The lowest BCUT2D eigenvalue weighted by Gasteiger charge is -2.55. The van der Waals surface area contributed by atoms with Crippen LogP contribution in [0.2, 0.25) is 0 Å². The van der Waals surface area contributed by atoms with Gasteiger partial charge in [0, 0.05) is 62.0 Å². The number of amides is 4. The highest BCUT2D eigenvalue weighted by Gasteiger charge is 2.46. The van der Waals surface area contributed by atoms with E-state index in [1.165, 1.54) is 6.33 Å². The summed E-state index contributed by atoms with van der Waals surface area (Å²) in [7, 11) is 0. The van der Waals surface area contributed by atoms with E-state index >= 15 is 0 Å². The molecule has 2 aromatic rings. The Morgan fingerprint density at radius 2 is 1.89 bits per heavy atom. The largest absolute Gasteiger partial charge is 0.370 e. The zero-order valence-corrected chi connectivity index (χ0v) is 19.3. The van der Waals surface area contributed by atoms with Gasteiger partial charge in [-0.1, -0.05) is 0 Å². The zero-order chi connectivity index (χ0) is 24.2. The number of anilines is 1. The molecule has 5 heterocycles. The number of rotatable bonds is 3. The predicted molar refractivity (Wildman–Crippen MR) is 124 cm³/mol. The van der Waals surface area contributed by atoms with Crippen LogP contribution in [0.3, 0.4) is 0 Å². The monoisotopic (exact) mass is 474 g/mol. The molecule has 0 bridgehead atoms. The fourth-order valence-corrected chi connectivity index (χ4v) is 5.78. The number of piperidine rings is 2. The van der Waals surface area contributed by atoms with E-state index in [1.807, 2.05) is 17.0 Å². The molecule has 1 atom stereocenters. The van der Waals surface area contributed by atoms with Crippen molar-refractivity contribution in [2.45, 2.75) is 38.3 Å². The van der Waals surface area contributed by atoms with Gasteiger partial charge in [0.05, 0.1) is 0 Å². The van der Waals surface area contributed by atoms with Crippen molar-refractivity contribution in [2.75, 3.05) is 31.1 Å². The number of carbonyl (C=O) groups is 4. The second kappa shape index (κ2) is 8.14. The van der Waals surface area contributed by atoms with Gasteiger partial charge in [-0.15, -0.1) is 0 Å². The highest BCUT2D eigenvalue weighted by molar-refractivity contribution is 6.05. The van der Waals surface area contributed by atoms with Crippen LogP contribution in [0.4, 0.5) is 5.69 Å². The van der Waals surface area contributed by atoms with Crippen molar-refractivity contribution in [3.8, 4) is 0 Å². The van der Waals surface area contributed by atoms with Gasteiger partial charge in [-0.3, -0.25) is 24.5 Å². The first-order valence-corrected chi connectivity index (χ1v) is 12.0. The molecule has 4 aliphatic rings. The molecule has 10 heteroatoms. The lowest BCUT2D eigenvalue weighted by atomic mass is 9.71. The molecule has 1 aromatic heterocycles. The predicted octanol–water partition coefficient (Wildman–Crippen LogP) is 0.980. The van der Waals surface area contributed by atoms with E-state index in [0.717, 1.165) is 50.3 Å². The summed E-state index contributed by atoms with van der Waals surface area (Å²) in [5.74, 6) is -0.866. The third-order valence-corrected chi connectivity index (χ3v) is 7.84. The number of imide groups is 1. The molecule has 3 fully saturated rings. The third-order valence-electron chi connectivity index (χ3n) is 7.84. The third kappa shape index (κ3) is 3.73. The van der Waals surface area contributed by atoms with Gasteiger partial charge in [-0.2, -0.15) is 0 Å². The average Bonchev–Trinajstić information content (AvgIpc) is 3.18. The van der Waals surface area contributed by atoms with Crippen molar-refractivity contribution in [1.29, 1.82) is 0 Å². The molecule has 0 aliphatic carbocycles. The van der Waals surface area contributed by atoms with E-state index in [0.29, 0.717) is 24.2 Å². The minimum atomic E-state index is -0.599. The fourth-order valence-electron chi connectivity index (χ4n) is 5.78. The number of benzene rings is 1. The minimum absolute atomic E-state index is 0.0395. The Balaban J connectivity index is 1.08. The van der Waals surface area contributed by atoms with Gasteiger partial charge < -0.3 is 14.7 Å². The smallest absolute Gasteiger partial charge is 0.272 e. The molecule has 1 N–H and O–H groups in total. The Morgan fingerprint density at radius 3 is 2.60 bits per heavy atom. The minimum Gasteiger partial charge on any atom is -0.370 e. The molecule has 180 valence electrons. The van der Waals surface area contributed by atoms with E-state index in [-0.39, 0.29) is 29.6 Å². The molecule has 6 rings (SSSR count). The molecule has 4 aliphatic heterocycles. The standard InChI is InChI=1S/C25H26N6O4/c32-21-4-3-20(22(33)28-21)31-12-16-11-17(1-2-18(16)23(31)34)30-13-25(14-30)6-9-29(10-7-25)24(35)19-5-8-26-15-27-19/h1-2,5,8,11,15,20H,3-4,6-7,9-10,12-14H2,(H,28,32,33). The van der Waals surface area contributed by atoms with Crippen molar-refractivity contribution in [3.05, 3.63) is 53.6 Å². The van der Waals surface area contributed by atoms with E-state index < -0.39 is 11.9 Å². The topological polar surface area (TPSA) is 116 Å². The normalized spacial score (nSPS) is 23.3. The van der Waals surface area contributed by atoms with E-state index in [4.69, 9.17) is 0 Å². The lowest BCUT2D eigenvalue weighted by molar-refractivity contribution is -0.136. The maximum Gasteiger partial charge on any atom is 0.272 e. The first-order chi connectivity index (χ1) is 16.9. The van der Waals surface area contributed by atoms with E-state index in [2.05, 4.69) is 26.3 Å². The molecule has 35 heavy (non-hydrogen) atoms. The van der Waals surface area contributed by atoms with Crippen LogP contribution >= 0.6 is 0 Å². The molecule has 1 aromatic carbocycles. The number of hydrogen-bond donors (Lipinski definition) is 1. The summed E-state index contributed by atoms with van der Waals surface area (Å²) in [6.07, 6.45) is 5.50. The van der Waals surface area contributed by atoms with Gasteiger partial charge in [-0.25, -0.2) is 9.97 Å². The second-order valence-electron chi connectivity index (χ2n) is 9.98. The van der Waals surface area contributed by atoms with Crippen LogP contribution < -0.4 is 10.2 Å². The molecular weight excluding hydrogens is 448 g/mol. The average molecular weight is 475 g/mol. The molecule has 3 saturated heterocycles. The summed E-state index contributed by atoms with van der Waals surface area (Å²) < 4.78 is 0.